The Morgan fingerprint density at radius 1 is 1.30 bits per heavy atom. The summed E-state index contributed by atoms with van der Waals surface area (Å²) < 4.78 is 63.7. The summed E-state index contributed by atoms with van der Waals surface area (Å²) in [5.41, 5.74) is 0.0988. The third-order valence-corrected chi connectivity index (χ3v) is 4.22. The van der Waals surface area contributed by atoms with Gasteiger partial charge in [0.2, 0.25) is 0 Å². The Kier molecular flexibility index (Phi) is 3.89. The van der Waals surface area contributed by atoms with E-state index >= 15 is 0 Å². The van der Waals surface area contributed by atoms with E-state index < -0.39 is 31.8 Å². The topological polar surface area (TPSA) is 72.0 Å². The molecule has 2 aromatic rings. The van der Waals surface area contributed by atoms with Crippen LogP contribution < -0.4 is 4.72 Å². The number of thiazole rings is 1. The molecule has 0 bridgehead atoms. The monoisotopic (exact) mass is 343 g/mol. The van der Waals surface area contributed by atoms with Crippen molar-refractivity contribution in [3.63, 3.8) is 0 Å². The Morgan fingerprint density at radius 3 is 2.55 bits per heavy atom. The van der Waals surface area contributed by atoms with Gasteiger partial charge in [0, 0.05) is 11.6 Å². The minimum absolute atomic E-state index is 0.000286. The maximum absolute atomic E-state index is 12.7. The second-order valence-corrected chi connectivity index (χ2v) is 6.23. The van der Waals surface area contributed by atoms with Crippen LogP contribution in [-0.2, 0) is 16.2 Å². The molecule has 0 atom stereocenters. The van der Waals surface area contributed by atoms with Gasteiger partial charge in [-0.3, -0.25) is 4.72 Å². The summed E-state index contributed by atoms with van der Waals surface area (Å²) in [7, 11) is -4.26. The smallest absolute Gasteiger partial charge is 0.261 e. The zero-order chi connectivity index (χ0) is 15.0. The van der Waals surface area contributed by atoms with Crippen LogP contribution in [0.4, 0.5) is 19.0 Å². The summed E-state index contributed by atoms with van der Waals surface area (Å²) in [5.74, 6) is 0.000286. The fraction of sp³-hybridized carbons (Fsp3) is 0.111. The normalized spacial score (nSPS) is 12.4. The highest BCUT2D eigenvalue weighted by molar-refractivity contribution is 7.92. The van der Waals surface area contributed by atoms with Crippen LogP contribution in [0.1, 0.15) is 5.56 Å². The van der Waals surface area contributed by atoms with Crippen molar-refractivity contribution in [3.05, 3.63) is 33.7 Å². The van der Waals surface area contributed by atoms with Crippen LogP contribution in [0.2, 0.25) is 5.02 Å². The van der Waals surface area contributed by atoms with Gasteiger partial charge in [0.25, 0.3) is 10.0 Å². The predicted octanol–water partition coefficient (Wildman–Crippen LogP) is 3.01. The van der Waals surface area contributed by atoms with Crippen molar-refractivity contribution in [2.24, 2.45) is 0 Å². The Labute approximate surface area is 120 Å². The van der Waals surface area contributed by atoms with E-state index in [2.05, 4.69) is 9.97 Å². The number of anilines is 1. The third kappa shape index (κ3) is 3.19. The molecule has 11 heteroatoms. The van der Waals surface area contributed by atoms with Crippen LogP contribution in [0.5, 0.6) is 0 Å². The van der Waals surface area contributed by atoms with Gasteiger partial charge in [0.05, 0.1) is 16.1 Å². The lowest BCUT2D eigenvalue weighted by Gasteiger charge is -2.10. The first-order valence-electron chi connectivity index (χ1n) is 4.84. The first kappa shape index (κ1) is 15.0. The van der Waals surface area contributed by atoms with Gasteiger partial charge in [-0.1, -0.05) is 11.6 Å². The molecular weight excluding hydrogens is 339 g/mol. The summed E-state index contributed by atoms with van der Waals surface area (Å²) in [6.45, 7) is 0. The Hall–Kier alpha value is -1.39. The Morgan fingerprint density at radius 2 is 2.00 bits per heavy atom. The van der Waals surface area contributed by atoms with Gasteiger partial charge in [-0.15, -0.1) is 11.3 Å². The number of sulfonamides is 1. The molecule has 108 valence electrons. The van der Waals surface area contributed by atoms with Crippen LogP contribution in [0.3, 0.4) is 0 Å². The SMILES string of the molecule is O=S(=O)(Nc1cscn1)c1cc(C(F)(F)F)c(Cl)cn1. The molecular formula is C9H5ClF3N3O2S2. The van der Waals surface area contributed by atoms with Crippen LogP contribution in [0.15, 0.2) is 28.2 Å². The predicted molar refractivity (Wildman–Crippen MR) is 67.2 cm³/mol. The minimum atomic E-state index is -4.77. The summed E-state index contributed by atoms with van der Waals surface area (Å²) in [6, 6.07) is 0.372. The van der Waals surface area contributed by atoms with Crippen molar-refractivity contribution in [2.75, 3.05) is 4.72 Å². The van der Waals surface area contributed by atoms with Crippen molar-refractivity contribution in [1.82, 2.24) is 9.97 Å². The van der Waals surface area contributed by atoms with Gasteiger partial charge in [0.1, 0.15) is 0 Å². The molecule has 2 heterocycles. The van der Waals surface area contributed by atoms with Crippen LogP contribution >= 0.6 is 22.9 Å². The molecule has 2 rings (SSSR count). The summed E-state index contributed by atoms with van der Waals surface area (Å²) in [6.07, 6.45) is -4.13. The maximum Gasteiger partial charge on any atom is 0.418 e. The zero-order valence-electron chi connectivity index (χ0n) is 9.35. The summed E-state index contributed by atoms with van der Waals surface area (Å²) >= 11 is 6.49. The van der Waals surface area contributed by atoms with E-state index in [0.29, 0.717) is 12.3 Å². The Bertz CT molecular complexity index is 717. The number of rotatable bonds is 3. The molecule has 0 unspecified atom stereocenters. The van der Waals surface area contributed by atoms with E-state index in [9.17, 15) is 21.6 Å². The van der Waals surface area contributed by atoms with E-state index in [-0.39, 0.29) is 5.82 Å². The Balaban J connectivity index is 2.43. The lowest BCUT2D eigenvalue weighted by Crippen LogP contribution is -2.16. The first-order chi connectivity index (χ1) is 9.20. The van der Waals surface area contributed by atoms with Gasteiger partial charge in [-0.05, 0) is 6.07 Å². The number of aromatic nitrogens is 2. The van der Waals surface area contributed by atoms with Crippen LogP contribution in [0, 0.1) is 0 Å². The van der Waals surface area contributed by atoms with Crippen molar-refractivity contribution >= 4 is 38.8 Å². The standard InChI is InChI=1S/C9H5ClF3N3O2S2/c10-6-2-14-8(1-5(6)9(11,12)13)20(17,18)16-7-3-19-4-15-7/h1-4,16H. The zero-order valence-corrected chi connectivity index (χ0v) is 11.7. The van der Waals surface area contributed by atoms with Crippen LogP contribution in [-0.4, -0.2) is 18.4 Å². The fourth-order valence-corrected chi connectivity index (χ4v) is 2.96. The molecule has 0 saturated carbocycles. The number of hydrogen-bond donors (Lipinski definition) is 1. The molecule has 0 aliphatic heterocycles. The number of pyridine rings is 1. The van der Waals surface area contributed by atoms with E-state index in [1.165, 1.54) is 10.9 Å². The van der Waals surface area contributed by atoms with Gasteiger partial charge >= 0.3 is 6.18 Å². The molecule has 20 heavy (non-hydrogen) atoms. The quantitative estimate of drug-likeness (QED) is 0.929. The van der Waals surface area contributed by atoms with Crippen molar-refractivity contribution in [1.29, 1.82) is 0 Å². The molecule has 0 aliphatic carbocycles. The number of alkyl halides is 3. The molecule has 0 aromatic carbocycles. The average molecular weight is 344 g/mol. The van der Waals surface area contributed by atoms with E-state index in [1.807, 2.05) is 4.72 Å². The first-order valence-corrected chi connectivity index (χ1v) is 7.64. The van der Waals surface area contributed by atoms with E-state index in [0.717, 1.165) is 11.3 Å². The molecule has 0 saturated heterocycles. The van der Waals surface area contributed by atoms with Crippen molar-refractivity contribution in [3.8, 4) is 0 Å². The van der Waals surface area contributed by atoms with Crippen molar-refractivity contribution in [2.45, 2.75) is 11.2 Å². The van der Waals surface area contributed by atoms with Gasteiger partial charge in [0.15, 0.2) is 10.8 Å². The van der Waals surface area contributed by atoms with Gasteiger partial charge in [-0.2, -0.15) is 21.6 Å². The fourth-order valence-electron chi connectivity index (χ4n) is 1.24. The van der Waals surface area contributed by atoms with E-state index in [4.69, 9.17) is 11.6 Å². The number of hydrogen-bond acceptors (Lipinski definition) is 5. The molecule has 0 radical (unpaired) electrons. The minimum Gasteiger partial charge on any atom is -0.261 e. The second-order valence-electron chi connectivity index (χ2n) is 3.48. The molecule has 1 N–H and O–H groups in total. The van der Waals surface area contributed by atoms with Crippen LogP contribution in [0.25, 0.3) is 0 Å². The molecule has 0 spiro atoms. The largest absolute Gasteiger partial charge is 0.418 e. The lowest BCUT2D eigenvalue weighted by molar-refractivity contribution is -0.137. The lowest BCUT2D eigenvalue weighted by atomic mass is 10.2. The van der Waals surface area contributed by atoms with Crippen molar-refractivity contribution < 1.29 is 21.6 Å². The summed E-state index contributed by atoms with van der Waals surface area (Å²) in [4.78, 5) is 7.07. The molecule has 0 amide bonds. The molecule has 0 fully saturated rings. The number of halogens is 4. The van der Waals surface area contributed by atoms with Gasteiger partial charge in [-0.25, -0.2) is 9.97 Å². The number of nitrogens with zero attached hydrogens (tertiary/aromatic N) is 2. The average Bonchev–Trinajstić information content (AvgIpc) is 2.79. The maximum atomic E-state index is 12.7. The third-order valence-electron chi connectivity index (χ3n) is 2.08. The highest BCUT2D eigenvalue weighted by atomic mass is 35.5. The van der Waals surface area contributed by atoms with E-state index in [1.54, 1.807) is 0 Å². The molecule has 2 aromatic heterocycles. The highest BCUT2D eigenvalue weighted by Gasteiger charge is 2.35. The molecule has 5 nitrogen and oxygen atoms in total. The second kappa shape index (κ2) is 5.19. The molecule has 0 aliphatic rings. The van der Waals surface area contributed by atoms with Gasteiger partial charge < -0.3 is 0 Å². The summed E-state index contributed by atoms with van der Waals surface area (Å²) in [5, 5.41) is -0.0784. The highest BCUT2D eigenvalue weighted by Crippen LogP contribution is 2.35. The number of nitrogens with one attached hydrogen (secondary N) is 1.